The van der Waals surface area contributed by atoms with Crippen molar-refractivity contribution in [1.29, 1.82) is 0 Å². The van der Waals surface area contributed by atoms with Gasteiger partial charge in [0.2, 0.25) is 0 Å². The number of aromatic nitrogens is 1. The summed E-state index contributed by atoms with van der Waals surface area (Å²) in [6, 6.07) is 6.83. The van der Waals surface area contributed by atoms with E-state index in [0.29, 0.717) is 0 Å². The molecule has 1 fully saturated rings. The molecule has 1 aliphatic rings. The second kappa shape index (κ2) is 3.86. The third kappa shape index (κ3) is 2.06. The maximum Gasteiger partial charge on any atom is 0.142 e. The van der Waals surface area contributed by atoms with Crippen molar-refractivity contribution >= 4 is 33.9 Å². The minimum Gasteiger partial charge on any atom is -0.409 e. The summed E-state index contributed by atoms with van der Waals surface area (Å²) in [4.78, 5) is 4.51. The maximum absolute atomic E-state index is 5.90. The van der Waals surface area contributed by atoms with Crippen molar-refractivity contribution in [1.82, 2.24) is 4.98 Å². The molecule has 1 aromatic rings. The van der Waals surface area contributed by atoms with Gasteiger partial charge in [-0.15, -0.1) is 0 Å². The Labute approximate surface area is 105 Å². The first-order chi connectivity index (χ1) is 7.33. The molecule has 5 heteroatoms. The number of halogens is 1. The van der Waals surface area contributed by atoms with Crippen LogP contribution in [0.15, 0.2) is 18.3 Å². The van der Waals surface area contributed by atoms with E-state index in [2.05, 4.69) is 41.5 Å². The van der Waals surface area contributed by atoms with Crippen LogP contribution in [0.4, 0.5) is 5.82 Å². The molecule has 2 nitrogen and oxygen atoms in total. The highest BCUT2D eigenvalue weighted by molar-refractivity contribution is 7.04. The molecule has 0 N–H and O–H groups in total. The smallest absolute Gasteiger partial charge is 0.142 e. The van der Waals surface area contributed by atoms with Gasteiger partial charge in [-0.05, 0) is 24.2 Å². The Morgan fingerprint density at radius 2 is 1.69 bits per heavy atom. The Kier molecular flexibility index (Phi) is 2.93. The molecule has 0 unspecified atom stereocenters. The van der Waals surface area contributed by atoms with E-state index in [1.807, 2.05) is 6.07 Å². The number of hydrogen-bond acceptors (Lipinski definition) is 2. The SMILES string of the molecule is C[Si]1(C)CC[Si](C)(C)N1c1ccc(Cl)cn1. The Balaban J connectivity index is 2.41. The average Bonchev–Trinajstić information content (AvgIpc) is 2.39. The molecule has 0 bridgehead atoms. The van der Waals surface area contributed by atoms with E-state index in [1.54, 1.807) is 6.20 Å². The van der Waals surface area contributed by atoms with Crippen molar-refractivity contribution < 1.29 is 0 Å². The van der Waals surface area contributed by atoms with Crippen molar-refractivity contribution in [2.75, 3.05) is 4.23 Å². The van der Waals surface area contributed by atoms with E-state index in [4.69, 9.17) is 11.6 Å². The summed E-state index contributed by atoms with van der Waals surface area (Å²) in [6.07, 6.45) is 1.77. The van der Waals surface area contributed by atoms with Crippen LogP contribution >= 0.6 is 11.6 Å². The minimum absolute atomic E-state index is 0.724. The maximum atomic E-state index is 5.90. The summed E-state index contributed by atoms with van der Waals surface area (Å²) in [5.74, 6) is 1.15. The van der Waals surface area contributed by atoms with Crippen LogP contribution in [0.2, 0.25) is 43.3 Å². The van der Waals surface area contributed by atoms with Crippen LogP contribution in [0.3, 0.4) is 0 Å². The topological polar surface area (TPSA) is 16.1 Å². The second-order valence-electron chi connectivity index (χ2n) is 5.79. The summed E-state index contributed by atoms with van der Waals surface area (Å²) in [5, 5.41) is 0.724. The first-order valence-corrected chi connectivity index (χ1v) is 12.4. The van der Waals surface area contributed by atoms with E-state index < -0.39 is 16.5 Å². The molecule has 1 aromatic heterocycles. The van der Waals surface area contributed by atoms with Gasteiger partial charge >= 0.3 is 0 Å². The number of rotatable bonds is 1. The molecule has 2 rings (SSSR count). The quantitative estimate of drug-likeness (QED) is 0.718. The molecule has 88 valence electrons. The highest BCUT2D eigenvalue weighted by Crippen LogP contribution is 2.39. The van der Waals surface area contributed by atoms with Gasteiger partial charge in [-0.3, -0.25) is 0 Å². The van der Waals surface area contributed by atoms with Crippen LogP contribution in [0, 0.1) is 0 Å². The van der Waals surface area contributed by atoms with Crippen molar-refractivity contribution in [3.8, 4) is 0 Å². The Hall–Kier alpha value is -0.326. The molecular weight excluding hydrogens is 252 g/mol. The molecule has 0 spiro atoms. The number of anilines is 1. The van der Waals surface area contributed by atoms with Gasteiger partial charge in [0.25, 0.3) is 0 Å². The van der Waals surface area contributed by atoms with E-state index in [0.717, 1.165) is 10.8 Å². The Morgan fingerprint density at radius 3 is 2.12 bits per heavy atom. The van der Waals surface area contributed by atoms with Crippen LogP contribution in [0.25, 0.3) is 0 Å². The van der Waals surface area contributed by atoms with Gasteiger partial charge in [0.05, 0.1) is 5.02 Å². The summed E-state index contributed by atoms with van der Waals surface area (Å²) in [6.45, 7) is 9.80. The van der Waals surface area contributed by atoms with Gasteiger partial charge in [0, 0.05) is 6.20 Å². The van der Waals surface area contributed by atoms with Gasteiger partial charge < -0.3 is 4.23 Å². The molecule has 0 atom stereocenters. The lowest BCUT2D eigenvalue weighted by atomic mass is 10.5. The average molecular weight is 271 g/mol. The fourth-order valence-corrected chi connectivity index (χ4v) is 17.0. The lowest BCUT2D eigenvalue weighted by Crippen LogP contribution is -2.55. The van der Waals surface area contributed by atoms with Gasteiger partial charge in [0.1, 0.15) is 22.3 Å². The molecule has 0 saturated carbocycles. The van der Waals surface area contributed by atoms with Crippen LogP contribution in [0.1, 0.15) is 0 Å². The Bertz CT molecular complexity index is 373. The van der Waals surface area contributed by atoms with Gasteiger partial charge in [0.15, 0.2) is 0 Å². The molecule has 2 heterocycles. The van der Waals surface area contributed by atoms with E-state index in [1.165, 1.54) is 12.1 Å². The molecule has 0 aromatic carbocycles. The first kappa shape index (κ1) is 12.1. The molecule has 0 amide bonds. The normalized spacial score (nSPS) is 22.4. The highest BCUT2D eigenvalue weighted by Gasteiger charge is 2.47. The van der Waals surface area contributed by atoms with E-state index in [-0.39, 0.29) is 0 Å². The van der Waals surface area contributed by atoms with Crippen molar-refractivity contribution in [2.45, 2.75) is 38.3 Å². The predicted molar refractivity (Wildman–Crippen MR) is 76.3 cm³/mol. The highest BCUT2D eigenvalue weighted by atomic mass is 35.5. The summed E-state index contributed by atoms with van der Waals surface area (Å²) in [5.41, 5.74) is 0. The van der Waals surface area contributed by atoms with Gasteiger partial charge in [-0.2, -0.15) is 0 Å². The fourth-order valence-electron chi connectivity index (χ4n) is 2.78. The number of hydrogen-bond donors (Lipinski definition) is 0. The summed E-state index contributed by atoms with van der Waals surface area (Å²) < 4.78 is 2.69. The molecule has 0 radical (unpaired) electrons. The standard InChI is InChI=1S/C11H19ClN2Si2/c1-15(2)7-8-16(3,4)14(15)11-6-5-10(12)9-13-11/h5-6,9H,7-8H2,1-4H3. The van der Waals surface area contributed by atoms with Crippen LogP contribution in [-0.2, 0) is 0 Å². The van der Waals surface area contributed by atoms with E-state index >= 15 is 0 Å². The summed E-state index contributed by atoms with van der Waals surface area (Å²) in [7, 11) is -2.55. The lowest BCUT2D eigenvalue weighted by molar-refractivity contribution is 1.24. The molecule has 1 saturated heterocycles. The zero-order valence-electron chi connectivity index (χ0n) is 10.4. The number of nitrogens with zero attached hydrogens (tertiary/aromatic N) is 2. The molecular formula is C11H19ClN2Si2. The molecule has 0 aliphatic carbocycles. The third-order valence-electron chi connectivity index (χ3n) is 3.50. The molecule has 1 aliphatic heterocycles. The largest absolute Gasteiger partial charge is 0.409 e. The Morgan fingerprint density at radius 1 is 1.12 bits per heavy atom. The fraction of sp³-hybridized carbons (Fsp3) is 0.545. The molecule has 16 heavy (non-hydrogen) atoms. The first-order valence-electron chi connectivity index (χ1n) is 5.75. The monoisotopic (exact) mass is 270 g/mol. The van der Waals surface area contributed by atoms with Crippen LogP contribution in [0.5, 0.6) is 0 Å². The number of pyridine rings is 1. The summed E-state index contributed by atoms with van der Waals surface area (Å²) >= 11 is 5.90. The second-order valence-corrected chi connectivity index (χ2v) is 15.8. The minimum atomic E-state index is -1.27. The van der Waals surface area contributed by atoms with E-state index in [9.17, 15) is 0 Å². The van der Waals surface area contributed by atoms with Gasteiger partial charge in [-0.25, -0.2) is 4.98 Å². The van der Waals surface area contributed by atoms with Crippen LogP contribution in [-0.4, -0.2) is 21.5 Å². The van der Waals surface area contributed by atoms with Crippen molar-refractivity contribution in [2.24, 2.45) is 0 Å². The lowest BCUT2D eigenvalue weighted by Gasteiger charge is -2.40. The zero-order chi connectivity index (χ0) is 12.0. The zero-order valence-corrected chi connectivity index (χ0v) is 13.2. The predicted octanol–water partition coefficient (Wildman–Crippen LogP) is 3.97. The van der Waals surface area contributed by atoms with Crippen molar-refractivity contribution in [3.05, 3.63) is 23.4 Å². The third-order valence-corrected chi connectivity index (χ3v) is 13.7. The van der Waals surface area contributed by atoms with Gasteiger partial charge in [-0.1, -0.05) is 37.8 Å². The van der Waals surface area contributed by atoms with Crippen LogP contribution < -0.4 is 4.23 Å². The van der Waals surface area contributed by atoms with Crippen molar-refractivity contribution in [3.63, 3.8) is 0 Å².